The first-order valence-corrected chi connectivity index (χ1v) is 8.44. The molecule has 8 heteroatoms. The number of hydrogen-bond donors (Lipinski definition) is 2. The topological polar surface area (TPSA) is 79.8 Å². The van der Waals surface area contributed by atoms with Crippen molar-refractivity contribution in [2.24, 2.45) is 4.99 Å². The fraction of sp³-hybridized carbons (Fsp3) is 0.917. The van der Waals surface area contributed by atoms with Gasteiger partial charge in [-0.1, -0.05) is 0 Å². The zero-order valence-electron chi connectivity index (χ0n) is 12.6. The highest BCUT2D eigenvalue weighted by Gasteiger charge is 2.42. The minimum atomic E-state index is -3.15. The fourth-order valence-corrected chi connectivity index (χ4v) is 3.38. The van der Waals surface area contributed by atoms with Crippen molar-refractivity contribution in [1.29, 1.82) is 0 Å². The molecule has 20 heavy (non-hydrogen) atoms. The summed E-state index contributed by atoms with van der Waals surface area (Å²) in [6.07, 6.45) is 2.35. The van der Waals surface area contributed by atoms with E-state index in [4.69, 9.17) is 4.74 Å². The Morgan fingerprint density at radius 1 is 1.35 bits per heavy atom. The lowest BCUT2D eigenvalue weighted by Gasteiger charge is -2.36. The summed E-state index contributed by atoms with van der Waals surface area (Å²) in [5.41, 5.74) is 0. The van der Waals surface area contributed by atoms with Crippen molar-refractivity contribution in [3.8, 4) is 0 Å². The lowest BCUT2D eigenvalue weighted by molar-refractivity contribution is 0.0756. The maximum absolute atomic E-state index is 12.1. The summed E-state index contributed by atoms with van der Waals surface area (Å²) in [6.45, 7) is 5.36. The molecule has 0 radical (unpaired) electrons. The molecule has 0 aromatic heterocycles. The lowest BCUT2D eigenvalue weighted by Crippen LogP contribution is -2.54. The highest BCUT2D eigenvalue weighted by molar-refractivity contribution is 14.0. The Morgan fingerprint density at radius 3 is 2.30 bits per heavy atom. The molecule has 0 amide bonds. The monoisotopic (exact) mass is 419 g/mol. The Kier molecular flexibility index (Phi) is 8.34. The third kappa shape index (κ3) is 5.36. The van der Waals surface area contributed by atoms with Gasteiger partial charge in [-0.15, -0.1) is 24.0 Å². The van der Waals surface area contributed by atoms with Crippen molar-refractivity contribution in [2.75, 3.05) is 33.1 Å². The molecule has 120 valence electrons. The summed E-state index contributed by atoms with van der Waals surface area (Å²) < 4.78 is 28.7. The van der Waals surface area contributed by atoms with Crippen molar-refractivity contribution in [2.45, 2.75) is 37.5 Å². The summed E-state index contributed by atoms with van der Waals surface area (Å²) in [5.74, 6) is 0.629. The van der Waals surface area contributed by atoms with E-state index in [0.29, 0.717) is 38.6 Å². The van der Waals surface area contributed by atoms with Gasteiger partial charge in [0, 0.05) is 39.1 Å². The van der Waals surface area contributed by atoms with Crippen molar-refractivity contribution < 1.29 is 13.2 Å². The molecular weight excluding hydrogens is 393 g/mol. The van der Waals surface area contributed by atoms with E-state index < -0.39 is 14.6 Å². The molecule has 1 aliphatic heterocycles. The second-order valence-electron chi connectivity index (χ2n) is 5.29. The third-order valence-corrected chi connectivity index (χ3v) is 5.54. The maximum atomic E-state index is 12.1. The largest absolute Gasteiger partial charge is 0.381 e. The Bertz CT molecular complexity index is 418. The Morgan fingerprint density at radius 2 is 1.90 bits per heavy atom. The van der Waals surface area contributed by atoms with E-state index in [-0.39, 0.29) is 30.0 Å². The summed E-state index contributed by atoms with van der Waals surface area (Å²) in [5, 5.41) is 6.27. The molecule has 1 fully saturated rings. The Balaban J connectivity index is 0.00000361. The van der Waals surface area contributed by atoms with Gasteiger partial charge in [0.05, 0.1) is 4.75 Å². The van der Waals surface area contributed by atoms with Gasteiger partial charge in [0.15, 0.2) is 15.8 Å². The zero-order valence-corrected chi connectivity index (χ0v) is 15.7. The van der Waals surface area contributed by atoms with Crippen molar-refractivity contribution in [3.05, 3.63) is 0 Å². The van der Waals surface area contributed by atoms with E-state index in [1.807, 2.05) is 13.8 Å². The number of nitrogens with one attached hydrogen (secondary N) is 2. The number of ether oxygens (including phenoxy) is 1. The average Bonchev–Trinajstić information content (AvgIpc) is 2.34. The van der Waals surface area contributed by atoms with Crippen LogP contribution in [0, 0.1) is 0 Å². The van der Waals surface area contributed by atoms with Gasteiger partial charge in [-0.2, -0.15) is 0 Å². The third-order valence-electron chi connectivity index (χ3n) is 3.42. The fourth-order valence-electron chi connectivity index (χ4n) is 2.13. The van der Waals surface area contributed by atoms with E-state index in [2.05, 4.69) is 15.6 Å². The summed E-state index contributed by atoms with van der Waals surface area (Å²) in [4.78, 5) is 4.09. The molecule has 0 saturated carbocycles. The minimum Gasteiger partial charge on any atom is -0.381 e. The zero-order chi connectivity index (χ0) is 14.5. The van der Waals surface area contributed by atoms with Crippen LogP contribution in [0.2, 0.25) is 0 Å². The van der Waals surface area contributed by atoms with Gasteiger partial charge in [-0.05, 0) is 26.7 Å². The number of aliphatic imine (C=N–C) groups is 1. The average molecular weight is 419 g/mol. The second-order valence-corrected chi connectivity index (χ2v) is 7.70. The Hall–Kier alpha value is -0.0900. The van der Waals surface area contributed by atoms with Gasteiger partial charge >= 0.3 is 0 Å². The quantitative estimate of drug-likeness (QED) is 0.400. The maximum Gasteiger partial charge on any atom is 0.191 e. The van der Waals surface area contributed by atoms with Crippen LogP contribution < -0.4 is 10.6 Å². The van der Waals surface area contributed by atoms with E-state index in [9.17, 15) is 8.42 Å². The first kappa shape index (κ1) is 19.9. The smallest absolute Gasteiger partial charge is 0.191 e. The molecule has 0 aromatic carbocycles. The van der Waals surface area contributed by atoms with Crippen LogP contribution in [0.4, 0.5) is 0 Å². The lowest BCUT2D eigenvalue weighted by atomic mass is 9.99. The summed E-state index contributed by atoms with van der Waals surface area (Å²) in [6, 6.07) is 0.245. The van der Waals surface area contributed by atoms with Gasteiger partial charge in [-0.3, -0.25) is 4.99 Å². The highest BCUT2D eigenvalue weighted by Crippen LogP contribution is 2.28. The van der Waals surface area contributed by atoms with Crippen molar-refractivity contribution >= 4 is 39.8 Å². The molecule has 2 N–H and O–H groups in total. The van der Waals surface area contributed by atoms with Gasteiger partial charge < -0.3 is 15.4 Å². The molecule has 6 nitrogen and oxygen atoms in total. The van der Waals surface area contributed by atoms with Crippen molar-refractivity contribution in [1.82, 2.24) is 10.6 Å². The number of sulfone groups is 1. The van der Waals surface area contributed by atoms with E-state index >= 15 is 0 Å². The number of halogens is 1. The van der Waals surface area contributed by atoms with Crippen LogP contribution in [0.3, 0.4) is 0 Å². The molecule has 0 unspecified atom stereocenters. The highest BCUT2D eigenvalue weighted by atomic mass is 127. The molecule has 1 saturated heterocycles. The predicted octanol–water partition coefficient (Wildman–Crippen LogP) is 0.772. The van der Waals surface area contributed by atoms with Gasteiger partial charge in [-0.25, -0.2) is 8.42 Å². The summed E-state index contributed by atoms with van der Waals surface area (Å²) >= 11 is 0. The molecular formula is C12H26IN3O3S. The molecule has 0 bridgehead atoms. The van der Waals surface area contributed by atoms with Crippen LogP contribution >= 0.6 is 24.0 Å². The summed E-state index contributed by atoms with van der Waals surface area (Å²) in [7, 11) is -1.47. The van der Waals surface area contributed by atoms with Gasteiger partial charge in [0.1, 0.15) is 0 Å². The molecule has 0 spiro atoms. The number of nitrogens with zero attached hydrogens (tertiary/aromatic N) is 1. The first-order valence-electron chi connectivity index (χ1n) is 6.55. The first-order chi connectivity index (χ1) is 8.81. The van der Waals surface area contributed by atoms with E-state index in [0.717, 1.165) is 0 Å². The molecule has 1 rings (SSSR count). The number of rotatable bonds is 4. The molecule has 1 heterocycles. The molecule has 1 aliphatic rings. The molecule has 0 atom stereocenters. The number of guanidine groups is 1. The molecule has 0 aliphatic carbocycles. The van der Waals surface area contributed by atoms with E-state index in [1.54, 1.807) is 7.05 Å². The van der Waals surface area contributed by atoms with Crippen LogP contribution in [0.15, 0.2) is 4.99 Å². The normalized spacial score (nSPS) is 19.4. The van der Waals surface area contributed by atoms with Gasteiger partial charge in [0.2, 0.25) is 0 Å². The van der Waals surface area contributed by atoms with Crippen LogP contribution in [-0.4, -0.2) is 58.2 Å². The van der Waals surface area contributed by atoms with Crippen molar-refractivity contribution in [3.63, 3.8) is 0 Å². The van der Waals surface area contributed by atoms with Crippen LogP contribution in [0.5, 0.6) is 0 Å². The SMILES string of the molecule is CN=C(NCC1(S(C)(=O)=O)CCOCC1)NC(C)C.I. The van der Waals surface area contributed by atoms with Crippen LogP contribution in [-0.2, 0) is 14.6 Å². The Labute approximate surface area is 139 Å². The van der Waals surface area contributed by atoms with Crippen LogP contribution in [0.25, 0.3) is 0 Å². The predicted molar refractivity (Wildman–Crippen MR) is 92.7 cm³/mol. The minimum absolute atomic E-state index is 0. The number of hydrogen-bond acceptors (Lipinski definition) is 4. The standard InChI is InChI=1S/C12H25N3O3S.HI/c1-10(2)15-11(13-3)14-9-12(19(4,16)17)5-7-18-8-6-12;/h10H,5-9H2,1-4H3,(H2,13,14,15);1H. The molecule has 0 aromatic rings. The van der Waals surface area contributed by atoms with Gasteiger partial charge in [0.25, 0.3) is 0 Å². The van der Waals surface area contributed by atoms with E-state index in [1.165, 1.54) is 6.26 Å². The van der Waals surface area contributed by atoms with Crippen LogP contribution in [0.1, 0.15) is 26.7 Å². The second kappa shape index (κ2) is 8.38.